The number of aldehydes is 1. The minimum Gasteiger partial charge on any atom is -0.376 e. The van der Waals surface area contributed by atoms with E-state index in [0.717, 1.165) is 22.4 Å². The van der Waals surface area contributed by atoms with Gasteiger partial charge < -0.3 is 15.7 Å². The van der Waals surface area contributed by atoms with Crippen molar-refractivity contribution in [3.63, 3.8) is 0 Å². The van der Waals surface area contributed by atoms with Gasteiger partial charge in [-0.05, 0) is 44.4 Å². The summed E-state index contributed by atoms with van der Waals surface area (Å²) in [4.78, 5) is 29.3. The molecule has 0 spiro atoms. The van der Waals surface area contributed by atoms with Crippen molar-refractivity contribution in [3.8, 4) is 0 Å². The van der Waals surface area contributed by atoms with Crippen LogP contribution in [-0.4, -0.2) is 28.8 Å². The Balaban J connectivity index is 1.75. The summed E-state index contributed by atoms with van der Waals surface area (Å²) in [5.74, 6) is -0.234. The van der Waals surface area contributed by atoms with E-state index >= 15 is 0 Å². The number of benzene rings is 2. The van der Waals surface area contributed by atoms with Crippen LogP contribution in [0.5, 0.6) is 0 Å². The smallest absolute Gasteiger partial charge is 0.267 e. The van der Waals surface area contributed by atoms with Gasteiger partial charge in [-0.15, -0.1) is 0 Å². The number of nitrogens with zero attached hydrogens (tertiary/aromatic N) is 1. The van der Waals surface area contributed by atoms with Gasteiger partial charge in [0.05, 0.1) is 12.2 Å². The summed E-state index contributed by atoms with van der Waals surface area (Å²) in [6.45, 7) is 7.66. The van der Waals surface area contributed by atoms with Gasteiger partial charge in [0.15, 0.2) is 17.0 Å². The Bertz CT molecular complexity index is 1060. The van der Waals surface area contributed by atoms with Crippen molar-refractivity contribution < 1.29 is 14.7 Å². The number of hydrogen-bond acceptors (Lipinski definition) is 6. The fourth-order valence-electron chi connectivity index (χ4n) is 3.38. The molecule has 1 amide bonds. The van der Waals surface area contributed by atoms with Crippen molar-refractivity contribution in [2.45, 2.75) is 33.3 Å². The Morgan fingerprint density at radius 3 is 2.37 bits per heavy atom. The Labute approximate surface area is 180 Å². The summed E-state index contributed by atoms with van der Waals surface area (Å²) in [6, 6.07) is 12.8. The largest absolute Gasteiger partial charge is 0.376 e. The zero-order valence-electron chi connectivity index (χ0n) is 17.4. The Morgan fingerprint density at radius 1 is 1.13 bits per heavy atom. The summed E-state index contributed by atoms with van der Waals surface area (Å²) in [6.07, 6.45) is 0.506. The molecule has 3 N–H and O–H groups in total. The minimum atomic E-state index is -1.68. The van der Waals surface area contributed by atoms with Crippen molar-refractivity contribution in [1.82, 2.24) is 4.98 Å². The number of nitrogens with one attached hydrogen (secondary N) is 2. The van der Waals surface area contributed by atoms with Gasteiger partial charge in [-0.1, -0.05) is 59.4 Å². The van der Waals surface area contributed by atoms with Crippen molar-refractivity contribution in [3.05, 3.63) is 75.3 Å². The SMILES string of the molecule is Cc1cc(C)c(NC(=O)c2sc(NCC(O)(C=O)c3ccccc3)nc2C)c(C)c1. The molecule has 1 atom stereocenters. The summed E-state index contributed by atoms with van der Waals surface area (Å²) < 4.78 is 0. The first-order valence-corrected chi connectivity index (χ1v) is 10.4. The zero-order valence-corrected chi connectivity index (χ0v) is 18.3. The van der Waals surface area contributed by atoms with Crippen molar-refractivity contribution >= 4 is 34.3 Å². The fourth-order valence-corrected chi connectivity index (χ4v) is 4.24. The van der Waals surface area contributed by atoms with Crippen LogP contribution in [0.1, 0.15) is 37.6 Å². The molecule has 1 aromatic heterocycles. The molecule has 3 aromatic rings. The van der Waals surface area contributed by atoms with E-state index in [4.69, 9.17) is 0 Å². The zero-order chi connectivity index (χ0) is 21.9. The number of carbonyl (C=O) groups excluding carboxylic acids is 2. The van der Waals surface area contributed by atoms with Crippen LogP contribution in [0.3, 0.4) is 0 Å². The molecule has 30 heavy (non-hydrogen) atoms. The van der Waals surface area contributed by atoms with Crippen molar-refractivity contribution in [2.75, 3.05) is 17.2 Å². The summed E-state index contributed by atoms with van der Waals surface area (Å²) in [5, 5.41) is 17.1. The molecule has 3 rings (SSSR count). The third-order valence-corrected chi connectivity index (χ3v) is 6.01. The second-order valence-electron chi connectivity index (χ2n) is 7.42. The maximum atomic E-state index is 12.8. The highest BCUT2D eigenvalue weighted by Crippen LogP contribution is 2.28. The van der Waals surface area contributed by atoms with Gasteiger partial charge in [0.25, 0.3) is 5.91 Å². The molecule has 0 saturated heterocycles. The molecule has 1 heterocycles. The molecule has 0 aliphatic carbocycles. The van der Waals surface area contributed by atoms with Gasteiger partial charge in [-0.3, -0.25) is 9.59 Å². The van der Waals surface area contributed by atoms with Crippen LogP contribution in [0, 0.1) is 27.7 Å². The van der Waals surface area contributed by atoms with E-state index in [1.54, 1.807) is 31.2 Å². The topological polar surface area (TPSA) is 91.3 Å². The van der Waals surface area contributed by atoms with E-state index in [1.165, 1.54) is 11.3 Å². The Kier molecular flexibility index (Phi) is 6.34. The summed E-state index contributed by atoms with van der Waals surface area (Å²) >= 11 is 1.19. The predicted octanol–water partition coefficient (Wildman–Crippen LogP) is 4.13. The van der Waals surface area contributed by atoms with Gasteiger partial charge >= 0.3 is 0 Å². The maximum absolute atomic E-state index is 12.8. The van der Waals surface area contributed by atoms with Crippen LogP contribution in [0.15, 0.2) is 42.5 Å². The first-order chi connectivity index (χ1) is 14.2. The van der Waals surface area contributed by atoms with Crippen LogP contribution >= 0.6 is 11.3 Å². The second-order valence-corrected chi connectivity index (χ2v) is 8.42. The van der Waals surface area contributed by atoms with E-state index < -0.39 is 5.60 Å². The highest BCUT2D eigenvalue weighted by Gasteiger charge is 2.29. The average molecular weight is 424 g/mol. The molecule has 0 aliphatic rings. The molecule has 0 saturated carbocycles. The Hall–Kier alpha value is -3.03. The number of carbonyl (C=O) groups is 2. The molecule has 156 valence electrons. The number of aliphatic hydroxyl groups is 1. The third-order valence-electron chi connectivity index (χ3n) is 4.90. The van der Waals surface area contributed by atoms with Crippen LogP contribution in [0.4, 0.5) is 10.8 Å². The lowest BCUT2D eigenvalue weighted by molar-refractivity contribution is -0.123. The van der Waals surface area contributed by atoms with Crippen molar-refractivity contribution in [2.24, 2.45) is 0 Å². The summed E-state index contributed by atoms with van der Waals surface area (Å²) in [7, 11) is 0. The lowest BCUT2D eigenvalue weighted by Gasteiger charge is -2.22. The molecule has 0 radical (unpaired) electrons. The van der Waals surface area contributed by atoms with Crippen LogP contribution in [0.25, 0.3) is 0 Å². The minimum absolute atomic E-state index is 0.0509. The molecule has 0 aliphatic heterocycles. The second kappa shape index (κ2) is 8.77. The average Bonchev–Trinajstić information content (AvgIpc) is 3.10. The quantitative estimate of drug-likeness (QED) is 0.497. The maximum Gasteiger partial charge on any atom is 0.267 e. The number of aryl methyl sites for hydroxylation is 4. The number of anilines is 2. The molecular formula is C23H25N3O3S. The van der Waals surface area contributed by atoms with Gasteiger partial charge in [0, 0.05) is 5.69 Å². The highest BCUT2D eigenvalue weighted by molar-refractivity contribution is 7.17. The molecule has 1 unspecified atom stereocenters. The first-order valence-electron chi connectivity index (χ1n) is 9.58. The summed E-state index contributed by atoms with van der Waals surface area (Å²) in [5.41, 5.74) is 3.33. The lowest BCUT2D eigenvalue weighted by Crippen LogP contribution is -2.35. The number of aromatic nitrogens is 1. The lowest BCUT2D eigenvalue weighted by atomic mass is 9.95. The van der Waals surface area contributed by atoms with Crippen LogP contribution in [-0.2, 0) is 10.4 Å². The molecule has 0 bridgehead atoms. The number of hydrogen-bond donors (Lipinski definition) is 3. The van der Waals surface area contributed by atoms with Gasteiger partial charge in [-0.25, -0.2) is 4.98 Å². The number of amides is 1. The van der Waals surface area contributed by atoms with E-state index in [0.29, 0.717) is 27.6 Å². The van der Waals surface area contributed by atoms with Crippen LogP contribution in [0.2, 0.25) is 0 Å². The first kappa shape index (κ1) is 21.7. The number of thiazole rings is 1. The normalized spacial score (nSPS) is 12.8. The monoisotopic (exact) mass is 423 g/mol. The highest BCUT2D eigenvalue weighted by atomic mass is 32.1. The predicted molar refractivity (Wildman–Crippen MR) is 120 cm³/mol. The van der Waals surface area contributed by atoms with Gasteiger partial charge in [0.2, 0.25) is 0 Å². The molecule has 0 fully saturated rings. The third kappa shape index (κ3) is 4.58. The Morgan fingerprint density at radius 2 is 1.77 bits per heavy atom. The van der Waals surface area contributed by atoms with Gasteiger partial charge in [-0.2, -0.15) is 0 Å². The van der Waals surface area contributed by atoms with Crippen LogP contribution < -0.4 is 10.6 Å². The standard InChI is InChI=1S/C23H25N3O3S/c1-14-10-15(2)19(16(3)11-14)26-21(28)20-17(4)25-22(30-20)24-12-23(29,13-27)18-8-6-5-7-9-18/h5-11,13,29H,12H2,1-4H3,(H,24,25)(H,26,28). The molecular weight excluding hydrogens is 398 g/mol. The van der Waals surface area contributed by atoms with E-state index in [-0.39, 0.29) is 12.5 Å². The number of rotatable bonds is 7. The van der Waals surface area contributed by atoms with Gasteiger partial charge in [0.1, 0.15) is 4.88 Å². The molecule has 7 heteroatoms. The fraction of sp³-hybridized carbons (Fsp3) is 0.261. The van der Waals surface area contributed by atoms with E-state index in [9.17, 15) is 14.7 Å². The van der Waals surface area contributed by atoms with E-state index in [2.05, 4.69) is 15.6 Å². The molecule has 2 aromatic carbocycles. The van der Waals surface area contributed by atoms with Crippen molar-refractivity contribution in [1.29, 1.82) is 0 Å². The molecule has 6 nitrogen and oxygen atoms in total. The van der Waals surface area contributed by atoms with E-state index in [1.807, 2.05) is 39.0 Å².